The summed E-state index contributed by atoms with van der Waals surface area (Å²) in [6.07, 6.45) is 2.53. The number of nitrogens with zero attached hydrogens (tertiary/aromatic N) is 1. The third-order valence-electron chi connectivity index (χ3n) is 5.88. The van der Waals surface area contributed by atoms with Crippen LogP contribution in [0.25, 0.3) is 10.8 Å². The molecule has 0 spiro atoms. The number of hydrogen-bond acceptors (Lipinski definition) is 3. The molecular formula is C28H24N2O2. The minimum absolute atomic E-state index is 0.00455. The number of amides is 1. The van der Waals surface area contributed by atoms with Crippen LogP contribution in [0.2, 0.25) is 0 Å². The predicted molar refractivity (Wildman–Crippen MR) is 128 cm³/mol. The van der Waals surface area contributed by atoms with Crippen molar-refractivity contribution in [3.8, 4) is 5.75 Å². The molecule has 2 atom stereocenters. The van der Waals surface area contributed by atoms with Gasteiger partial charge in [0.25, 0.3) is 0 Å². The first-order valence-electron chi connectivity index (χ1n) is 10.9. The lowest BCUT2D eigenvalue weighted by molar-refractivity contribution is -0.122. The predicted octanol–water partition coefficient (Wildman–Crippen LogP) is 5.67. The topological polar surface area (TPSA) is 50.7 Å². The number of hydrogen-bond donors (Lipinski definition) is 1. The number of benzene rings is 4. The molecule has 4 heteroatoms. The lowest BCUT2D eigenvalue weighted by Gasteiger charge is -2.09. The molecule has 1 saturated carbocycles. The van der Waals surface area contributed by atoms with E-state index >= 15 is 0 Å². The van der Waals surface area contributed by atoms with Crippen LogP contribution in [-0.4, -0.2) is 12.1 Å². The average Bonchev–Trinajstić information content (AvgIpc) is 3.65. The molecule has 0 aromatic heterocycles. The Hall–Kier alpha value is -3.92. The van der Waals surface area contributed by atoms with Gasteiger partial charge in [0, 0.05) is 5.92 Å². The molecule has 1 N–H and O–H groups in total. The zero-order valence-electron chi connectivity index (χ0n) is 17.6. The van der Waals surface area contributed by atoms with Crippen molar-refractivity contribution in [1.82, 2.24) is 5.43 Å². The van der Waals surface area contributed by atoms with Gasteiger partial charge in [0.2, 0.25) is 5.91 Å². The molecule has 4 aromatic carbocycles. The Morgan fingerprint density at radius 1 is 0.938 bits per heavy atom. The van der Waals surface area contributed by atoms with Crippen LogP contribution in [-0.2, 0) is 11.4 Å². The Morgan fingerprint density at radius 2 is 1.72 bits per heavy atom. The fourth-order valence-electron chi connectivity index (χ4n) is 4.07. The molecule has 1 amide bonds. The SMILES string of the molecule is O=C(NN=Cc1cccc(OCc2cccc3ccccc23)c1)[C@H]1C[C@@H]1c1ccccc1. The largest absolute Gasteiger partial charge is 0.489 e. The molecular weight excluding hydrogens is 396 g/mol. The van der Waals surface area contributed by atoms with Gasteiger partial charge in [-0.15, -0.1) is 0 Å². The maximum Gasteiger partial charge on any atom is 0.243 e. The van der Waals surface area contributed by atoms with Crippen molar-refractivity contribution in [1.29, 1.82) is 0 Å². The molecule has 0 unspecified atom stereocenters. The number of nitrogens with one attached hydrogen (secondary N) is 1. The van der Waals surface area contributed by atoms with Crippen molar-refractivity contribution in [2.45, 2.75) is 18.9 Å². The van der Waals surface area contributed by atoms with Crippen molar-refractivity contribution >= 4 is 22.9 Å². The summed E-state index contributed by atoms with van der Waals surface area (Å²) in [5.41, 5.74) is 5.91. The molecule has 1 aliphatic rings. The number of carbonyl (C=O) groups excluding carboxylic acids is 1. The van der Waals surface area contributed by atoms with Crippen molar-refractivity contribution in [3.05, 3.63) is 114 Å². The minimum atomic E-state index is -0.0292. The number of fused-ring (bicyclic) bond motifs is 1. The third-order valence-corrected chi connectivity index (χ3v) is 5.88. The van der Waals surface area contributed by atoms with Crippen molar-refractivity contribution in [3.63, 3.8) is 0 Å². The van der Waals surface area contributed by atoms with Gasteiger partial charge in [-0.1, -0.05) is 84.9 Å². The summed E-state index contributed by atoms with van der Waals surface area (Å²) in [7, 11) is 0. The average molecular weight is 421 g/mol. The van der Waals surface area contributed by atoms with Gasteiger partial charge in [-0.2, -0.15) is 5.10 Å². The summed E-state index contributed by atoms with van der Waals surface area (Å²) in [6, 6.07) is 32.4. The highest BCUT2D eigenvalue weighted by molar-refractivity contribution is 5.86. The molecule has 0 heterocycles. The summed E-state index contributed by atoms with van der Waals surface area (Å²) < 4.78 is 6.03. The van der Waals surface area contributed by atoms with Gasteiger partial charge in [0.15, 0.2) is 0 Å². The molecule has 5 rings (SSSR count). The molecule has 0 saturated heterocycles. The summed E-state index contributed by atoms with van der Waals surface area (Å²) >= 11 is 0. The van der Waals surface area contributed by atoms with Crippen LogP contribution in [0.15, 0.2) is 102 Å². The Kier molecular flexibility index (Phi) is 5.67. The monoisotopic (exact) mass is 420 g/mol. The van der Waals surface area contributed by atoms with E-state index in [-0.39, 0.29) is 11.8 Å². The Morgan fingerprint density at radius 3 is 2.62 bits per heavy atom. The molecule has 4 aromatic rings. The van der Waals surface area contributed by atoms with Gasteiger partial charge < -0.3 is 4.74 Å². The van der Waals surface area contributed by atoms with Crippen LogP contribution >= 0.6 is 0 Å². The van der Waals surface area contributed by atoms with Gasteiger partial charge in [0.05, 0.1) is 6.21 Å². The Bertz CT molecular complexity index is 1260. The fraction of sp³-hybridized carbons (Fsp3) is 0.143. The zero-order valence-corrected chi connectivity index (χ0v) is 17.6. The molecule has 0 bridgehead atoms. The molecule has 1 fully saturated rings. The quantitative estimate of drug-likeness (QED) is 0.309. The molecule has 4 nitrogen and oxygen atoms in total. The van der Waals surface area contributed by atoms with Crippen molar-refractivity contribution < 1.29 is 9.53 Å². The first kappa shape index (κ1) is 20.0. The first-order chi connectivity index (χ1) is 15.8. The normalized spacial score (nSPS) is 17.4. The molecule has 0 radical (unpaired) electrons. The second kappa shape index (κ2) is 9.06. The van der Waals surface area contributed by atoms with Gasteiger partial charge in [-0.3, -0.25) is 4.79 Å². The van der Waals surface area contributed by atoms with E-state index in [0.717, 1.165) is 23.3 Å². The highest BCUT2D eigenvalue weighted by Gasteiger charge is 2.43. The number of carbonyl (C=O) groups is 1. The molecule has 158 valence electrons. The van der Waals surface area contributed by atoms with Crippen LogP contribution in [0.3, 0.4) is 0 Å². The molecule has 32 heavy (non-hydrogen) atoms. The van der Waals surface area contributed by atoms with E-state index in [1.54, 1.807) is 6.21 Å². The lowest BCUT2D eigenvalue weighted by atomic mass is 10.1. The van der Waals surface area contributed by atoms with Gasteiger partial charge >= 0.3 is 0 Å². The van der Waals surface area contributed by atoms with E-state index in [0.29, 0.717) is 12.5 Å². The third kappa shape index (κ3) is 4.54. The van der Waals surface area contributed by atoms with E-state index in [1.165, 1.54) is 16.3 Å². The minimum Gasteiger partial charge on any atom is -0.489 e. The second-order valence-corrected chi connectivity index (χ2v) is 8.09. The first-order valence-corrected chi connectivity index (χ1v) is 10.9. The summed E-state index contributed by atoms with van der Waals surface area (Å²) in [5.74, 6) is 1.04. The second-order valence-electron chi connectivity index (χ2n) is 8.09. The van der Waals surface area contributed by atoms with Crippen LogP contribution in [0, 0.1) is 5.92 Å². The maximum absolute atomic E-state index is 12.4. The van der Waals surface area contributed by atoms with E-state index in [9.17, 15) is 4.79 Å². The zero-order chi connectivity index (χ0) is 21.8. The lowest BCUT2D eigenvalue weighted by Crippen LogP contribution is -2.20. The fourth-order valence-corrected chi connectivity index (χ4v) is 4.07. The molecule has 1 aliphatic carbocycles. The van der Waals surface area contributed by atoms with E-state index < -0.39 is 0 Å². The van der Waals surface area contributed by atoms with Crippen LogP contribution < -0.4 is 10.2 Å². The Balaban J connectivity index is 1.17. The van der Waals surface area contributed by atoms with Gasteiger partial charge in [0.1, 0.15) is 12.4 Å². The van der Waals surface area contributed by atoms with E-state index in [2.05, 4.69) is 53.0 Å². The highest BCUT2D eigenvalue weighted by atomic mass is 16.5. The standard InChI is InChI=1S/C28H24N2O2/c31-28(27-17-26(27)22-9-2-1-3-10-22)30-29-18-20-8-6-14-24(16-20)32-19-23-13-7-12-21-11-4-5-15-25(21)23/h1-16,18,26-27H,17,19H2,(H,30,31)/t26-,27+/m1/s1. The number of hydrazone groups is 1. The summed E-state index contributed by atoms with van der Waals surface area (Å²) in [4.78, 5) is 12.4. The molecule has 0 aliphatic heterocycles. The van der Waals surface area contributed by atoms with Gasteiger partial charge in [-0.25, -0.2) is 5.43 Å². The van der Waals surface area contributed by atoms with E-state index in [1.807, 2.05) is 54.6 Å². The van der Waals surface area contributed by atoms with Crippen LogP contribution in [0.4, 0.5) is 0 Å². The van der Waals surface area contributed by atoms with Crippen LogP contribution in [0.5, 0.6) is 5.75 Å². The number of rotatable bonds is 7. The van der Waals surface area contributed by atoms with Crippen molar-refractivity contribution in [2.75, 3.05) is 0 Å². The van der Waals surface area contributed by atoms with Crippen molar-refractivity contribution in [2.24, 2.45) is 11.0 Å². The maximum atomic E-state index is 12.4. The van der Waals surface area contributed by atoms with Crippen LogP contribution in [0.1, 0.15) is 29.0 Å². The highest BCUT2D eigenvalue weighted by Crippen LogP contribution is 2.47. The van der Waals surface area contributed by atoms with E-state index in [4.69, 9.17) is 4.74 Å². The van der Waals surface area contributed by atoms with Gasteiger partial charge in [-0.05, 0) is 51.9 Å². The smallest absolute Gasteiger partial charge is 0.243 e. The summed E-state index contributed by atoms with van der Waals surface area (Å²) in [6.45, 7) is 0.487. The number of ether oxygens (including phenoxy) is 1. The summed E-state index contributed by atoms with van der Waals surface area (Å²) in [5, 5.41) is 6.55. The Labute approximate surface area is 187 Å².